The van der Waals surface area contributed by atoms with Crippen LogP contribution < -0.4 is 4.90 Å². The number of rotatable bonds is 3. The van der Waals surface area contributed by atoms with E-state index in [4.69, 9.17) is 0 Å². The van der Waals surface area contributed by atoms with Crippen LogP contribution in [0.4, 0.5) is 17.1 Å². The highest BCUT2D eigenvalue weighted by Gasteiger charge is 2.39. The van der Waals surface area contributed by atoms with Crippen LogP contribution in [0, 0.1) is 6.92 Å². The Morgan fingerprint density at radius 2 is 1.17 bits per heavy atom. The van der Waals surface area contributed by atoms with Gasteiger partial charge >= 0.3 is 0 Å². The predicted molar refractivity (Wildman–Crippen MR) is 176 cm³/mol. The molecule has 0 amide bonds. The summed E-state index contributed by atoms with van der Waals surface area (Å²) in [6.07, 6.45) is 0. The minimum atomic E-state index is -0.134. The maximum atomic E-state index is 2.41. The zero-order chi connectivity index (χ0) is 27.7. The number of nitrogens with zero attached hydrogens (tertiary/aromatic N) is 1. The third-order valence-corrected chi connectivity index (χ3v) is 9.09. The van der Waals surface area contributed by atoms with Gasteiger partial charge in [0.25, 0.3) is 0 Å². The van der Waals surface area contributed by atoms with Gasteiger partial charge in [-0.25, -0.2) is 0 Å². The van der Waals surface area contributed by atoms with Crippen molar-refractivity contribution >= 4 is 49.4 Å². The van der Waals surface area contributed by atoms with E-state index in [9.17, 15) is 0 Å². The fourth-order valence-electron chi connectivity index (χ4n) is 7.34. The lowest BCUT2D eigenvalue weighted by Crippen LogP contribution is -2.16. The van der Waals surface area contributed by atoms with Crippen molar-refractivity contribution in [3.05, 3.63) is 150 Å². The number of benzene rings is 7. The maximum absolute atomic E-state index is 2.41. The fraction of sp³-hybridized carbons (Fsp3) is 0.100. The molecule has 7 aromatic rings. The largest absolute Gasteiger partial charge is 0.310 e. The highest BCUT2D eigenvalue weighted by molar-refractivity contribution is 6.20. The van der Waals surface area contributed by atoms with Gasteiger partial charge in [0.15, 0.2) is 0 Å². The van der Waals surface area contributed by atoms with Crippen LogP contribution in [0.2, 0.25) is 0 Å². The van der Waals surface area contributed by atoms with E-state index in [1.165, 1.54) is 71.5 Å². The molecule has 0 N–H and O–H groups in total. The summed E-state index contributed by atoms with van der Waals surface area (Å²) >= 11 is 0. The minimum Gasteiger partial charge on any atom is -0.310 e. The number of para-hydroxylation sites is 2. The summed E-state index contributed by atoms with van der Waals surface area (Å²) in [6, 6.07) is 49.0. The molecule has 0 atom stereocenters. The third-order valence-electron chi connectivity index (χ3n) is 9.09. The van der Waals surface area contributed by atoms with E-state index in [1.807, 2.05) is 0 Å². The molecular formula is C40H31N. The lowest BCUT2D eigenvalue weighted by Gasteiger charge is -2.29. The predicted octanol–water partition coefficient (Wildman–Crippen LogP) is 11.2. The summed E-state index contributed by atoms with van der Waals surface area (Å²) in [5.74, 6) is 0. The second-order valence-corrected chi connectivity index (χ2v) is 11.8. The van der Waals surface area contributed by atoms with Gasteiger partial charge in [-0.1, -0.05) is 117 Å². The van der Waals surface area contributed by atoms with E-state index >= 15 is 0 Å². The zero-order valence-electron chi connectivity index (χ0n) is 23.6. The zero-order valence-corrected chi connectivity index (χ0v) is 23.6. The molecule has 0 radical (unpaired) electrons. The monoisotopic (exact) mass is 525 g/mol. The highest BCUT2D eigenvalue weighted by atomic mass is 15.1. The van der Waals surface area contributed by atoms with Gasteiger partial charge in [0.2, 0.25) is 0 Å². The number of fused-ring (bicyclic) bond motifs is 10. The first-order chi connectivity index (χ1) is 20.0. The Bertz CT molecular complexity index is 2140. The van der Waals surface area contributed by atoms with E-state index in [0.29, 0.717) is 0 Å². The lowest BCUT2D eigenvalue weighted by molar-refractivity contribution is 0.672. The Morgan fingerprint density at radius 3 is 1.98 bits per heavy atom. The van der Waals surface area contributed by atoms with Crippen LogP contribution in [0.15, 0.2) is 133 Å². The molecule has 0 bridgehead atoms. The van der Waals surface area contributed by atoms with Crippen molar-refractivity contribution in [1.82, 2.24) is 0 Å². The molecule has 8 rings (SSSR count). The molecule has 41 heavy (non-hydrogen) atoms. The van der Waals surface area contributed by atoms with Gasteiger partial charge in [0.1, 0.15) is 0 Å². The minimum absolute atomic E-state index is 0.134. The first-order valence-electron chi connectivity index (χ1n) is 14.5. The van der Waals surface area contributed by atoms with Crippen molar-refractivity contribution in [2.75, 3.05) is 4.90 Å². The molecule has 1 aliphatic rings. The van der Waals surface area contributed by atoms with Gasteiger partial charge in [-0.15, -0.1) is 0 Å². The summed E-state index contributed by atoms with van der Waals surface area (Å²) in [6.45, 7) is 7.02. The van der Waals surface area contributed by atoms with Crippen molar-refractivity contribution in [3.8, 4) is 11.1 Å². The maximum Gasteiger partial charge on any atom is 0.0490 e. The Labute approximate surface area is 241 Å². The molecule has 0 saturated heterocycles. The summed E-state index contributed by atoms with van der Waals surface area (Å²) < 4.78 is 0. The number of aryl methyl sites for hydroxylation is 1. The molecule has 0 unspecified atom stereocenters. The standard InChI is InChI=1S/C40H31N/c1-26-13-7-12-20-36(26)41(28-15-5-4-6-16-28)29-22-24-33-35(25-29)31-18-10-11-19-32(31)37-34-23-21-27-14-8-9-17-30(27)38(34)40(2,3)39(33)37/h4-25H,1-3H3. The van der Waals surface area contributed by atoms with E-state index < -0.39 is 0 Å². The molecule has 0 fully saturated rings. The number of hydrogen-bond acceptors (Lipinski definition) is 1. The van der Waals surface area contributed by atoms with Crippen LogP contribution in [0.25, 0.3) is 43.4 Å². The van der Waals surface area contributed by atoms with E-state index in [1.54, 1.807) is 0 Å². The average molecular weight is 526 g/mol. The SMILES string of the molecule is Cc1ccccc1N(c1ccccc1)c1ccc2c3c(c4ccccc4c2c1)-c1ccc2ccccc2c1C3(C)C. The van der Waals surface area contributed by atoms with Crippen molar-refractivity contribution in [2.45, 2.75) is 26.2 Å². The van der Waals surface area contributed by atoms with Gasteiger partial charge in [-0.05, 0) is 97.4 Å². The normalized spacial score (nSPS) is 13.4. The number of hydrogen-bond donors (Lipinski definition) is 0. The fourth-order valence-corrected chi connectivity index (χ4v) is 7.34. The first-order valence-corrected chi connectivity index (χ1v) is 14.5. The van der Waals surface area contributed by atoms with Gasteiger partial charge in [-0.3, -0.25) is 0 Å². The van der Waals surface area contributed by atoms with Crippen LogP contribution in [-0.4, -0.2) is 0 Å². The Morgan fingerprint density at radius 1 is 0.488 bits per heavy atom. The van der Waals surface area contributed by atoms with Crippen LogP contribution >= 0.6 is 0 Å². The lowest BCUT2D eigenvalue weighted by atomic mass is 9.78. The number of anilines is 3. The summed E-state index contributed by atoms with van der Waals surface area (Å²) in [4.78, 5) is 2.39. The quantitative estimate of drug-likeness (QED) is 0.207. The van der Waals surface area contributed by atoms with Crippen molar-refractivity contribution in [1.29, 1.82) is 0 Å². The molecule has 1 nitrogen and oxygen atoms in total. The Kier molecular flexibility index (Phi) is 5.15. The smallest absolute Gasteiger partial charge is 0.0490 e. The van der Waals surface area contributed by atoms with Crippen LogP contribution in [0.3, 0.4) is 0 Å². The Balaban J connectivity index is 1.46. The molecule has 0 aromatic heterocycles. The van der Waals surface area contributed by atoms with Gasteiger partial charge in [-0.2, -0.15) is 0 Å². The summed E-state index contributed by atoms with van der Waals surface area (Å²) in [5, 5.41) is 7.94. The van der Waals surface area contributed by atoms with E-state index in [0.717, 1.165) is 5.69 Å². The Hall–Kier alpha value is -4.88. The molecule has 1 heteroatoms. The van der Waals surface area contributed by atoms with Gasteiger partial charge in [0.05, 0.1) is 0 Å². The van der Waals surface area contributed by atoms with Crippen LogP contribution in [0.5, 0.6) is 0 Å². The molecule has 1 aliphatic carbocycles. The second-order valence-electron chi connectivity index (χ2n) is 11.8. The second kappa shape index (κ2) is 8.81. The van der Waals surface area contributed by atoms with Crippen molar-refractivity contribution in [2.24, 2.45) is 0 Å². The first kappa shape index (κ1) is 24.0. The van der Waals surface area contributed by atoms with Crippen molar-refractivity contribution < 1.29 is 0 Å². The molecular weight excluding hydrogens is 494 g/mol. The molecule has 7 aromatic carbocycles. The molecule has 0 heterocycles. The van der Waals surface area contributed by atoms with E-state index in [-0.39, 0.29) is 5.41 Å². The van der Waals surface area contributed by atoms with Crippen molar-refractivity contribution in [3.63, 3.8) is 0 Å². The van der Waals surface area contributed by atoms with Gasteiger partial charge < -0.3 is 4.90 Å². The summed E-state index contributed by atoms with van der Waals surface area (Å²) in [7, 11) is 0. The molecule has 196 valence electrons. The van der Waals surface area contributed by atoms with Crippen LogP contribution in [0.1, 0.15) is 30.5 Å². The summed E-state index contributed by atoms with van der Waals surface area (Å²) in [5.41, 5.74) is 10.3. The molecule has 0 aliphatic heterocycles. The highest BCUT2D eigenvalue weighted by Crippen LogP contribution is 2.56. The van der Waals surface area contributed by atoms with E-state index in [2.05, 4.69) is 159 Å². The average Bonchev–Trinajstić information content (AvgIpc) is 3.26. The third kappa shape index (κ3) is 3.42. The topological polar surface area (TPSA) is 3.24 Å². The van der Waals surface area contributed by atoms with Crippen LogP contribution in [-0.2, 0) is 5.41 Å². The molecule has 0 spiro atoms. The van der Waals surface area contributed by atoms with Gasteiger partial charge in [0, 0.05) is 22.5 Å². The molecule has 0 saturated carbocycles.